The SMILES string of the molecule is O=C(COC(=O)[C@H]1COc2ccccc2O1)NNC(=O)c1ccccc1. The highest BCUT2D eigenvalue weighted by Gasteiger charge is 2.29. The minimum atomic E-state index is -0.961. The Morgan fingerprint density at radius 3 is 2.42 bits per heavy atom. The van der Waals surface area contributed by atoms with Gasteiger partial charge in [-0.25, -0.2) is 4.79 Å². The monoisotopic (exact) mass is 356 g/mol. The van der Waals surface area contributed by atoms with Gasteiger partial charge in [0, 0.05) is 5.56 Å². The molecule has 0 aromatic heterocycles. The number of hydrazine groups is 1. The molecule has 0 saturated carbocycles. The van der Waals surface area contributed by atoms with E-state index < -0.39 is 30.5 Å². The van der Waals surface area contributed by atoms with Gasteiger partial charge in [-0.3, -0.25) is 20.4 Å². The van der Waals surface area contributed by atoms with E-state index in [1.165, 1.54) is 0 Å². The Hall–Kier alpha value is -3.55. The molecule has 0 aliphatic carbocycles. The number of nitrogens with one attached hydrogen (secondary N) is 2. The van der Waals surface area contributed by atoms with E-state index in [4.69, 9.17) is 14.2 Å². The van der Waals surface area contributed by atoms with E-state index in [1.807, 2.05) is 0 Å². The van der Waals surface area contributed by atoms with Gasteiger partial charge in [0.25, 0.3) is 11.8 Å². The van der Waals surface area contributed by atoms with E-state index >= 15 is 0 Å². The lowest BCUT2D eigenvalue weighted by molar-refractivity contribution is -0.157. The summed E-state index contributed by atoms with van der Waals surface area (Å²) in [5.74, 6) is -0.923. The zero-order valence-corrected chi connectivity index (χ0v) is 13.6. The molecule has 0 bridgehead atoms. The Balaban J connectivity index is 1.42. The topological polar surface area (TPSA) is 103 Å². The van der Waals surface area contributed by atoms with Crippen LogP contribution < -0.4 is 20.3 Å². The molecule has 3 rings (SSSR count). The molecule has 8 nitrogen and oxygen atoms in total. The van der Waals surface area contributed by atoms with Crippen LogP contribution in [0.1, 0.15) is 10.4 Å². The number of esters is 1. The lowest BCUT2D eigenvalue weighted by Crippen LogP contribution is -2.45. The second kappa shape index (κ2) is 8.02. The molecule has 134 valence electrons. The van der Waals surface area contributed by atoms with Crippen LogP contribution >= 0.6 is 0 Å². The summed E-state index contributed by atoms with van der Waals surface area (Å²) in [6.45, 7) is -0.572. The largest absolute Gasteiger partial charge is 0.485 e. The van der Waals surface area contributed by atoms with Crippen LogP contribution in [0.3, 0.4) is 0 Å². The van der Waals surface area contributed by atoms with Gasteiger partial charge in [-0.1, -0.05) is 30.3 Å². The number of rotatable bonds is 4. The minimum absolute atomic E-state index is 0.0117. The van der Waals surface area contributed by atoms with Gasteiger partial charge >= 0.3 is 5.97 Å². The summed E-state index contributed by atoms with van der Waals surface area (Å²) < 4.78 is 15.8. The summed E-state index contributed by atoms with van der Waals surface area (Å²) in [5, 5.41) is 0. The fourth-order valence-electron chi connectivity index (χ4n) is 2.19. The molecule has 0 spiro atoms. The summed E-state index contributed by atoms with van der Waals surface area (Å²) in [5.41, 5.74) is 4.78. The lowest BCUT2D eigenvalue weighted by atomic mass is 10.2. The van der Waals surface area contributed by atoms with E-state index in [9.17, 15) is 14.4 Å². The van der Waals surface area contributed by atoms with Crippen molar-refractivity contribution in [1.82, 2.24) is 10.9 Å². The van der Waals surface area contributed by atoms with Crippen LogP contribution in [0.2, 0.25) is 0 Å². The van der Waals surface area contributed by atoms with Gasteiger partial charge in [-0.15, -0.1) is 0 Å². The van der Waals surface area contributed by atoms with E-state index in [0.717, 1.165) is 0 Å². The van der Waals surface area contributed by atoms with Gasteiger partial charge in [0.2, 0.25) is 6.10 Å². The number of carbonyl (C=O) groups is 3. The highest BCUT2D eigenvalue weighted by atomic mass is 16.6. The number of hydrogen-bond donors (Lipinski definition) is 2. The lowest BCUT2D eigenvalue weighted by Gasteiger charge is -2.24. The molecule has 1 heterocycles. The number of amides is 2. The van der Waals surface area contributed by atoms with Crippen molar-refractivity contribution in [3.63, 3.8) is 0 Å². The normalized spacial score (nSPS) is 14.8. The van der Waals surface area contributed by atoms with E-state index in [1.54, 1.807) is 54.6 Å². The molecule has 1 aliphatic heterocycles. The quantitative estimate of drug-likeness (QED) is 0.621. The molecule has 0 saturated heterocycles. The Labute approximate surface area is 149 Å². The highest BCUT2D eigenvalue weighted by Crippen LogP contribution is 2.31. The van der Waals surface area contributed by atoms with Crippen LogP contribution in [0.15, 0.2) is 54.6 Å². The molecule has 0 fully saturated rings. The van der Waals surface area contributed by atoms with E-state index in [0.29, 0.717) is 17.1 Å². The van der Waals surface area contributed by atoms with Crippen LogP contribution in [0.5, 0.6) is 11.5 Å². The average molecular weight is 356 g/mol. The van der Waals surface area contributed by atoms with E-state index in [-0.39, 0.29) is 6.61 Å². The van der Waals surface area contributed by atoms with Crippen LogP contribution in [0, 0.1) is 0 Å². The van der Waals surface area contributed by atoms with Crippen LogP contribution in [0.25, 0.3) is 0 Å². The predicted molar refractivity (Wildman–Crippen MR) is 89.4 cm³/mol. The molecule has 26 heavy (non-hydrogen) atoms. The standard InChI is InChI=1S/C18H16N2O6/c21-16(19-20-17(22)12-6-2-1-3-7-12)11-25-18(23)15-10-24-13-8-4-5-9-14(13)26-15/h1-9,15H,10-11H2,(H,19,21)(H,20,22)/t15-/m1/s1. The number of fused-ring (bicyclic) bond motifs is 1. The summed E-state index contributed by atoms with van der Waals surface area (Å²) in [6.07, 6.45) is -0.961. The second-order valence-corrected chi connectivity index (χ2v) is 5.34. The van der Waals surface area contributed by atoms with Crippen LogP contribution in [0.4, 0.5) is 0 Å². The first-order chi connectivity index (χ1) is 12.6. The number of benzene rings is 2. The Morgan fingerprint density at radius 1 is 0.962 bits per heavy atom. The maximum atomic E-state index is 12.0. The van der Waals surface area contributed by atoms with Crippen molar-refractivity contribution in [3.05, 3.63) is 60.2 Å². The smallest absolute Gasteiger partial charge is 0.351 e. The predicted octanol–water partition coefficient (Wildman–Crippen LogP) is 0.831. The van der Waals surface area contributed by atoms with Crippen molar-refractivity contribution in [3.8, 4) is 11.5 Å². The number of hydrogen-bond acceptors (Lipinski definition) is 6. The van der Waals surface area contributed by atoms with Gasteiger partial charge in [-0.2, -0.15) is 0 Å². The molecular weight excluding hydrogens is 340 g/mol. The third-order valence-corrected chi connectivity index (χ3v) is 3.47. The Kier molecular flexibility index (Phi) is 5.33. The zero-order valence-electron chi connectivity index (χ0n) is 13.6. The minimum Gasteiger partial charge on any atom is -0.485 e. The Bertz CT molecular complexity index is 808. The Morgan fingerprint density at radius 2 is 1.65 bits per heavy atom. The number of para-hydroxylation sites is 2. The van der Waals surface area contributed by atoms with Gasteiger partial charge in [0.15, 0.2) is 18.1 Å². The molecule has 2 aromatic carbocycles. The van der Waals surface area contributed by atoms with Gasteiger partial charge in [0.1, 0.15) is 6.61 Å². The summed E-state index contributed by atoms with van der Waals surface area (Å²) in [6, 6.07) is 15.3. The van der Waals surface area contributed by atoms with Crippen molar-refractivity contribution in [2.24, 2.45) is 0 Å². The molecule has 8 heteroatoms. The first-order valence-electron chi connectivity index (χ1n) is 7.83. The molecule has 1 aliphatic rings. The van der Waals surface area contributed by atoms with Gasteiger partial charge in [-0.05, 0) is 24.3 Å². The van der Waals surface area contributed by atoms with Crippen molar-refractivity contribution in [1.29, 1.82) is 0 Å². The molecular formula is C18H16N2O6. The molecule has 1 atom stereocenters. The van der Waals surface area contributed by atoms with Crippen molar-refractivity contribution < 1.29 is 28.6 Å². The summed E-state index contributed by atoms with van der Waals surface area (Å²) in [7, 11) is 0. The fraction of sp³-hybridized carbons (Fsp3) is 0.167. The van der Waals surface area contributed by atoms with Gasteiger partial charge in [0.05, 0.1) is 0 Å². The molecule has 0 unspecified atom stereocenters. The van der Waals surface area contributed by atoms with Crippen molar-refractivity contribution >= 4 is 17.8 Å². The van der Waals surface area contributed by atoms with Gasteiger partial charge < -0.3 is 14.2 Å². The number of carbonyl (C=O) groups excluding carboxylic acids is 3. The number of ether oxygens (including phenoxy) is 3. The second-order valence-electron chi connectivity index (χ2n) is 5.34. The highest BCUT2D eigenvalue weighted by molar-refractivity contribution is 5.95. The maximum Gasteiger partial charge on any atom is 0.351 e. The molecule has 0 radical (unpaired) electrons. The first-order valence-corrected chi connectivity index (χ1v) is 7.83. The summed E-state index contributed by atoms with van der Waals surface area (Å²) >= 11 is 0. The van der Waals surface area contributed by atoms with Crippen LogP contribution in [-0.2, 0) is 14.3 Å². The van der Waals surface area contributed by atoms with E-state index in [2.05, 4.69) is 10.9 Å². The third-order valence-electron chi connectivity index (χ3n) is 3.47. The third kappa shape index (κ3) is 4.29. The molecule has 2 N–H and O–H groups in total. The van der Waals surface area contributed by atoms with Crippen molar-refractivity contribution in [2.75, 3.05) is 13.2 Å². The summed E-state index contributed by atoms with van der Waals surface area (Å²) in [4.78, 5) is 35.4. The molecule has 2 aromatic rings. The first kappa shape index (κ1) is 17.3. The fourth-order valence-corrected chi connectivity index (χ4v) is 2.19. The zero-order chi connectivity index (χ0) is 18.4. The molecule has 2 amide bonds. The maximum absolute atomic E-state index is 12.0. The average Bonchev–Trinajstić information content (AvgIpc) is 2.70. The van der Waals surface area contributed by atoms with Crippen LogP contribution in [-0.4, -0.2) is 37.1 Å². The van der Waals surface area contributed by atoms with Crippen molar-refractivity contribution in [2.45, 2.75) is 6.10 Å².